The summed E-state index contributed by atoms with van der Waals surface area (Å²) in [6, 6.07) is 11.5. The standard InChI is InChI=1S/C28H37N3O5S/c1-7-17-31(26(34)23(16-18-37-6)30-27(35)36-28(3,4)5)24(20-12-14-21(32)15-13-20)25(33)29-22-11-9-8-10-19(22)2/h7-15,23-24,32H,1,16-18H2,2-6H3,(H,29,33)(H,30,35). The summed E-state index contributed by atoms with van der Waals surface area (Å²) in [5.41, 5.74) is 1.25. The van der Waals surface area contributed by atoms with E-state index in [-0.39, 0.29) is 12.3 Å². The number of anilines is 1. The molecule has 2 atom stereocenters. The minimum atomic E-state index is -1.05. The number of phenols is 1. The molecule has 37 heavy (non-hydrogen) atoms. The Morgan fingerprint density at radius 3 is 2.35 bits per heavy atom. The molecule has 2 unspecified atom stereocenters. The number of benzene rings is 2. The van der Waals surface area contributed by atoms with Crippen LogP contribution in [-0.2, 0) is 14.3 Å². The Morgan fingerprint density at radius 1 is 1.14 bits per heavy atom. The van der Waals surface area contributed by atoms with Crippen molar-refractivity contribution in [3.63, 3.8) is 0 Å². The van der Waals surface area contributed by atoms with Gasteiger partial charge in [0.2, 0.25) is 5.91 Å². The highest BCUT2D eigenvalue weighted by Crippen LogP contribution is 2.27. The molecule has 0 saturated carbocycles. The molecule has 0 aliphatic carbocycles. The minimum absolute atomic E-state index is 0.0350. The first-order valence-corrected chi connectivity index (χ1v) is 13.4. The molecular formula is C28H37N3O5S. The predicted molar refractivity (Wildman–Crippen MR) is 149 cm³/mol. The van der Waals surface area contributed by atoms with Crippen molar-refractivity contribution in [2.24, 2.45) is 0 Å². The second kappa shape index (κ2) is 13.7. The molecule has 0 aromatic heterocycles. The van der Waals surface area contributed by atoms with Crippen LogP contribution in [0.4, 0.5) is 10.5 Å². The monoisotopic (exact) mass is 527 g/mol. The molecule has 2 aromatic carbocycles. The molecule has 0 heterocycles. The topological polar surface area (TPSA) is 108 Å². The molecule has 2 aromatic rings. The number of nitrogens with one attached hydrogen (secondary N) is 2. The highest BCUT2D eigenvalue weighted by atomic mass is 32.2. The van der Waals surface area contributed by atoms with Gasteiger partial charge in [-0.25, -0.2) is 4.79 Å². The van der Waals surface area contributed by atoms with Crippen LogP contribution in [0, 0.1) is 6.92 Å². The van der Waals surface area contributed by atoms with Crippen molar-refractivity contribution < 1.29 is 24.2 Å². The zero-order valence-electron chi connectivity index (χ0n) is 22.1. The first-order chi connectivity index (χ1) is 17.5. The average molecular weight is 528 g/mol. The van der Waals surface area contributed by atoms with Crippen LogP contribution in [0.25, 0.3) is 0 Å². The summed E-state index contributed by atoms with van der Waals surface area (Å²) in [6.45, 7) is 10.9. The van der Waals surface area contributed by atoms with Crippen molar-refractivity contribution in [2.45, 2.75) is 51.8 Å². The van der Waals surface area contributed by atoms with Gasteiger partial charge in [-0.15, -0.1) is 6.58 Å². The van der Waals surface area contributed by atoms with E-state index >= 15 is 0 Å². The van der Waals surface area contributed by atoms with Gasteiger partial charge in [-0.05, 0) is 75.5 Å². The fourth-order valence-electron chi connectivity index (χ4n) is 3.65. The molecule has 0 bridgehead atoms. The van der Waals surface area contributed by atoms with Gasteiger partial charge in [0, 0.05) is 12.2 Å². The Kier molecular flexibility index (Phi) is 11.1. The molecule has 3 amide bonds. The van der Waals surface area contributed by atoms with E-state index in [0.717, 1.165) is 5.56 Å². The number of rotatable bonds is 11. The first kappa shape index (κ1) is 29.8. The maximum Gasteiger partial charge on any atom is 0.408 e. The summed E-state index contributed by atoms with van der Waals surface area (Å²) >= 11 is 1.54. The second-order valence-electron chi connectivity index (χ2n) is 9.56. The third-order valence-electron chi connectivity index (χ3n) is 5.38. The van der Waals surface area contributed by atoms with E-state index in [1.165, 1.54) is 34.9 Å². The lowest BCUT2D eigenvalue weighted by molar-refractivity contribution is -0.140. The van der Waals surface area contributed by atoms with Gasteiger partial charge in [-0.1, -0.05) is 36.4 Å². The number of ether oxygens (including phenoxy) is 1. The van der Waals surface area contributed by atoms with Crippen LogP contribution in [0.1, 0.15) is 44.4 Å². The van der Waals surface area contributed by atoms with E-state index < -0.39 is 35.6 Å². The number of aryl methyl sites for hydroxylation is 1. The van der Waals surface area contributed by atoms with Crippen LogP contribution in [-0.4, -0.2) is 58.1 Å². The molecule has 200 valence electrons. The van der Waals surface area contributed by atoms with Crippen LogP contribution in [0.15, 0.2) is 61.2 Å². The van der Waals surface area contributed by atoms with Crippen molar-refractivity contribution in [2.75, 3.05) is 23.9 Å². The molecule has 0 aliphatic heterocycles. The molecule has 0 fully saturated rings. The zero-order chi connectivity index (χ0) is 27.6. The molecule has 0 aliphatic rings. The van der Waals surface area contributed by atoms with Crippen LogP contribution in [0.3, 0.4) is 0 Å². The molecule has 9 heteroatoms. The summed E-state index contributed by atoms with van der Waals surface area (Å²) in [4.78, 5) is 41.6. The van der Waals surface area contributed by atoms with Crippen molar-refractivity contribution >= 4 is 35.4 Å². The van der Waals surface area contributed by atoms with Gasteiger partial charge >= 0.3 is 6.09 Å². The van der Waals surface area contributed by atoms with Gasteiger partial charge in [0.25, 0.3) is 5.91 Å². The van der Waals surface area contributed by atoms with E-state index in [1.807, 2.05) is 31.4 Å². The maximum absolute atomic E-state index is 13.9. The lowest BCUT2D eigenvalue weighted by Crippen LogP contribution is -2.52. The van der Waals surface area contributed by atoms with Crippen LogP contribution >= 0.6 is 11.8 Å². The summed E-state index contributed by atoms with van der Waals surface area (Å²) in [6.07, 6.45) is 3.07. The van der Waals surface area contributed by atoms with E-state index in [4.69, 9.17) is 4.74 Å². The first-order valence-electron chi connectivity index (χ1n) is 12.0. The Morgan fingerprint density at radius 2 is 1.78 bits per heavy atom. The quantitative estimate of drug-likeness (QED) is 0.353. The Labute approximate surface area is 223 Å². The summed E-state index contributed by atoms with van der Waals surface area (Å²) < 4.78 is 5.38. The number of carbonyl (C=O) groups excluding carboxylic acids is 3. The number of para-hydroxylation sites is 1. The normalized spacial score (nSPS) is 12.7. The second-order valence-corrected chi connectivity index (χ2v) is 10.5. The van der Waals surface area contributed by atoms with Crippen molar-refractivity contribution in [1.82, 2.24) is 10.2 Å². The fourth-order valence-corrected chi connectivity index (χ4v) is 4.12. The molecule has 0 spiro atoms. The van der Waals surface area contributed by atoms with Crippen molar-refractivity contribution in [3.05, 3.63) is 72.3 Å². The number of hydrogen-bond acceptors (Lipinski definition) is 6. The largest absolute Gasteiger partial charge is 0.508 e. The highest BCUT2D eigenvalue weighted by molar-refractivity contribution is 7.98. The van der Waals surface area contributed by atoms with Crippen molar-refractivity contribution in [3.8, 4) is 5.75 Å². The number of aromatic hydroxyl groups is 1. The van der Waals surface area contributed by atoms with Gasteiger partial charge in [-0.2, -0.15) is 11.8 Å². The molecule has 0 saturated heterocycles. The van der Waals surface area contributed by atoms with Gasteiger partial charge in [0.15, 0.2) is 0 Å². The van der Waals surface area contributed by atoms with E-state index in [2.05, 4.69) is 17.2 Å². The lowest BCUT2D eigenvalue weighted by Gasteiger charge is -2.34. The van der Waals surface area contributed by atoms with Crippen LogP contribution in [0.2, 0.25) is 0 Å². The van der Waals surface area contributed by atoms with Crippen molar-refractivity contribution in [1.29, 1.82) is 0 Å². The van der Waals surface area contributed by atoms with Crippen LogP contribution in [0.5, 0.6) is 5.75 Å². The third-order valence-corrected chi connectivity index (χ3v) is 6.02. The maximum atomic E-state index is 13.9. The number of carbonyl (C=O) groups is 3. The number of hydrogen-bond donors (Lipinski definition) is 3. The Balaban J connectivity index is 2.48. The van der Waals surface area contributed by atoms with Gasteiger partial charge in [0.05, 0.1) is 0 Å². The number of phenolic OH excluding ortho intramolecular Hbond substituents is 1. The smallest absolute Gasteiger partial charge is 0.408 e. The predicted octanol–water partition coefficient (Wildman–Crippen LogP) is 5.04. The molecule has 2 rings (SSSR count). The number of thioether (sulfide) groups is 1. The summed E-state index contributed by atoms with van der Waals surface area (Å²) in [7, 11) is 0. The molecule has 3 N–H and O–H groups in total. The lowest BCUT2D eigenvalue weighted by atomic mass is 10.0. The van der Waals surface area contributed by atoms with Gasteiger partial charge < -0.3 is 25.4 Å². The van der Waals surface area contributed by atoms with Gasteiger partial charge in [-0.3, -0.25) is 9.59 Å². The summed E-state index contributed by atoms with van der Waals surface area (Å²) in [5.74, 6) is -0.241. The average Bonchev–Trinajstić information content (AvgIpc) is 2.82. The van der Waals surface area contributed by atoms with E-state index in [0.29, 0.717) is 23.4 Å². The highest BCUT2D eigenvalue weighted by Gasteiger charge is 2.35. The molecule has 0 radical (unpaired) electrons. The molecular weight excluding hydrogens is 490 g/mol. The van der Waals surface area contributed by atoms with E-state index in [9.17, 15) is 19.5 Å². The summed E-state index contributed by atoms with van der Waals surface area (Å²) in [5, 5.41) is 15.4. The van der Waals surface area contributed by atoms with Crippen LogP contribution < -0.4 is 10.6 Å². The number of alkyl carbamates (subject to hydrolysis) is 1. The number of amides is 3. The fraction of sp³-hybridized carbons (Fsp3) is 0.393. The third kappa shape index (κ3) is 9.17. The van der Waals surface area contributed by atoms with E-state index in [1.54, 1.807) is 39.0 Å². The number of nitrogens with zero attached hydrogens (tertiary/aromatic N) is 1. The zero-order valence-corrected chi connectivity index (χ0v) is 22.9. The molecule has 8 nitrogen and oxygen atoms in total. The Bertz CT molecular complexity index is 1080. The SMILES string of the molecule is C=CCN(C(=O)C(CCSC)NC(=O)OC(C)(C)C)C(C(=O)Nc1ccccc1C)c1ccc(O)cc1. The van der Waals surface area contributed by atoms with Gasteiger partial charge in [0.1, 0.15) is 23.4 Å². The minimum Gasteiger partial charge on any atom is -0.508 e. The Hall–Kier alpha value is -3.46.